The van der Waals surface area contributed by atoms with Gasteiger partial charge in [-0.3, -0.25) is 4.79 Å². The molecule has 0 heterocycles. The Bertz CT molecular complexity index is 1280. The summed E-state index contributed by atoms with van der Waals surface area (Å²) in [5, 5.41) is 3.41. The first-order valence-corrected chi connectivity index (χ1v) is 13.0. The highest BCUT2D eigenvalue weighted by atomic mass is 35.5. The van der Waals surface area contributed by atoms with Gasteiger partial charge in [0.05, 0.1) is 17.5 Å². The van der Waals surface area contributed by atoms with Gasteiger partial charge in [-0.2, -0.15) is 4.31 Å². The molecule has 0 radical (unpaired) electrons. The SMILES string of the molecule is O=C(CN(Cc1c(F)cccc1Cl)S(=O)(=O)c1ccc(Cl)cc1)NC1CCCc2ccccc21. The summed E-state index contributed by atoms with van der Waals surface area (Å²) < 4.78 is 42.3. The third kappa shape index (κ3) is 5.44. The summed E-state index contributed by atoms with van der Waals surface area (Å²) in [6.45, 7) is -0.889. The number of fused-ring (bicyclic) bond motifs is 1. The van der Waals surface area contributed by atoms with Crippen molar-refractivity contribution in [1.82, 2.24) is 9.62 Å². The fourth-order valence-electron chi connectivity index (χ4n) is 4.15. The van der Waals surface area contributed by atoms with Crippen molar-refractivity contribution in [3.05, 3.63) is 99.3 Å². The van der Waals surface area contributed by atoms with Crippen molar-refractivity contribution in [2.45, 2.75) is 36.7 Å². The second kappa shape index (κ2) is 10.4. The summed E-state index contributed by atoms with van der Waals surface area (Å²) in [4.78, 5) is 13.0. The van der Waals surface area contributed by atoms with Crippen molar-refractivity contribution in [3.63, 3.8) is 0 Å². The number of amides is 1. The Morgan fingerprint density at radius 1 is 1.03 bits per heavy atom. The van der Waals surface area contributed by atoms with E-state index >= 15 is 0 Å². The molecule has 0 aliphatic heterocycles. The number of hydrogen-bond donors (Lipinski definition) is 1. The van der Waals surface area contributed by atoms with Gasteiger partial charge in [-0.05, 0) is 66.8 Å². The van der Waals surface area contributed by atoms with E-state index in [9.17, 15) is 17.6 Å². The third-order valence-corrected chi connectivity index (χ3v) is 8.28. The van der Waals surface area contributed by atoms with Crippen LogP contribution in [0.25, 0.3) is 0 Å². The van der Waals surface area contributed by atoms with Crippen LogP contribution < -0.4 is 5.32 Å². The summed E-state index contributed by atoms with van der Waals surface area (Å²) in [7, 11) is -4.16. The molecule has 3 aromatic rings. The van der Waals surface area contributed by atoms with Gasteiger partial charge in [-0.1, -0.05) is 53.5 Å². The number of carbonyl (C=O) groups excluding carboxylic acids is 1. The maximum absolute atomic E-state index is 14.5. The van der Waals surface area contributed by atoms with E-state index in [1.807, 2.05) is 24.3 Å². The largest absolute Gasteiger partial charge is 0.348 e. The monoisotopic (exact) mass is 520 g/mol. The molecule has 0 saturated heterocycles. The van der Waals surface area contributed by atoms with Crippen LogP contribution in [0.2, 0.25) is 10.0 Å². The average Bonchev–Trinajstić information content (AvgIpc) is 2.81. The zero-order valence-corrected chi connectivity index (χ0v) is 20.5. The van der Waals surface area contributed by atoms with E-state index in [1.165, 1.54) is 48.0 Å². The van der Waals surface area contributed by atoms with Crippen molar-refractivity contribution in [3.8, 4) is 0 Å². The first-order valence-electron chi connectivity index (χ1n) is 10.8. The molecule has 1 aliphatic rings. The molecule has 0 aromatic heterocycles. The lowest BCUT2D eigenvalue weighted by atomic mass is 9.88. The number of nitrogens with zero attached hydrogens (tertiary/aromatic N) is 1. The molecule has 1 N–H and O–H groups in total. The van der Waals surface area contributed by atoms with E-state index < -0.39 is 34.8 Å². The second-order valence-corrected chi connectivity index (χ2v) is 10.9. The van der Waals surface area contributed by atoms with E-state index in [0.717, 1.165) is 29.1 Å². The van der Waals surface area contributed by atoms with Gasteiger partial charge in [0.25, 0.3) is 0 Å². The lowest BCUT2D eigenvalue weighted by Gasteiger charge is -2.28. The molecule has 0 fully saturated rings. The number of benzene rings is 3. The lowest BCUT2D eigenvalue weighted by molar-refractivity contribution is -0.122. The molecular formula is C25H23Cl2FN2O3S. The Morgan fingerprint density at radius 3 is 2.50 bits per heavy atom. The predicted molar refractivity (Wildman–Crippen MR) is 131 cm³/mol. The van der Waals surface area contributed by atoms with Gasteiger partial charge in [0.15, 0.2) is 0 Å². The van der Waals surface area contributed by atoms with Crippen molar-refractivity contribution in [2.24, 2.45) is 0 Å². The molecule has 178 valence electrons. The maximum atomic E-state index is 14.5. The first-order chi connectivity index (χ1) is 16.3. The van der Waals surface area contributed by atoms with Crippen molar-refractivity contribution >= 4 is 39.1 Å². The first kappa shape index (κ1) is 24.7. The Labute approximate surface area is 208 Å². The van der Waals surface area contributed by atoms with Crippen LogP contribution in [0.15, 0.2) is 71.6 Å². The summed E-state index contributed by atoms with van der Waals surface area (Å²) in [6.07, 6.45) is 2.61. The molecule has 1 amide bonds. The van der Waals surface area contributed by atoms with E-state index in [4.69, 9.17) is 23.2 Å². The highest BCUT2D eigenvalue weighted by molar-refractivity contribution is 7.89. The molecule has 9 heteroatoms. The van der Waals surface area contributed by atoms with Gasteiger partial charge in [0, 0.05) is 22.2 Å². The molecule has 5 nitrogen and oxygen atoms in total. The maximum Gasteiger partial charge on any atom is 0.243 e. The topological polar surface area (TPSA) is 66.5 Å². The molecule has 1 unspecified atom stereocenters. The molecule has 34 heavy (non-hydrogen) atoms. The van der Waals surface area contributed by atoms with Crippen LogP contribution in [0.1, 0.15) is 35.6 Å². The quantitative estimate of drug-likeness (QED) is 0.446. The van der Waals surface area contributed by atoms with E-state index in [-0.39, 0.29) is 21.5 Å². The Hall–Kier alpha value is -2.45. The molecule has 0 bridgehead atoms. The van der Waals surface area contributed by atoms with Crippen molar-refractivity contribution in [2.75, 3.05) is 6.54 Å². The summed E-state index contributed by atoms with van der Waals surface area (Å²) in [5.41, 5.74) is 2.20. The Morgan fingerprint density at radius 2 is 1.76 bits per heavy atom. The number of carbonyl (C=O) groups is 1. The summed E-state index contributed by atoms with van der Waals surface area (Å²) >= 11 is 12.1. The summed E-state index contributed by atoms with van der Waals surface area (Å²) in [5.74, 6) is -1.13. The van der Waals surface area contributed by atoms with Crippen molar-refractivity contribution in [1.29, 1.82) is 0 Å². The second-order valence-electron chi connectivity index (χ2n) is 8.14. The lowest BCUT2D eigenvalue weighted by Crippen LogP contribution is -2.42. The predicted octanol–water partition coefficient (Wildman–Crippen LogP) is 5.52. The molecule has 0 saturated carbocycles. The van der Waals surface area contributed by atoms with Crippen LogP contribution in [0.3, 0.4) is 0 Å². The minimum Gasteiger partial charge on any atom is -0.348 e. The van der Waals surface area contributed by atoms with Crippen LogP contribution in [0, 0.1) is 5.82 Å². The molecule has 3 aromatic carbocycles. The van der Waals surface area contributed by atoms with Gasteiger partial charge >= 0.3 is 0 Å². The number of hydrogen-bond acceptors (Lipinski definition) is 3. The van der Waals surface area contributed by atoms with Gasteiger partial charge in [0.2, 0.25) is 15.9 Å². The fraction of sp³-hybridized carbons (Fsp3) is 0.240. The number of aryl methyl sites for hydroxylation is 1. The van der Waals surface area contributed by atoms with Crippen LogP contribution in [-0.4, -0.2) is 25.2 Å². The van der Waals surface area contributed by atoms with Crippen LogP contribution >= 0.6 is 23.2 Å². The molecule has 1 aliphatic carbocycles. The highest BCUT2D eigenvalue weighted by Gasteiger charge is 2.30. The zero-order chi connectivity index (χ0) is 24.3. The van der Waals surface area contributed by atoms with E-state index in [2.05, 4.69) is 5.32 Å². The van der Waals surface area contributed by atoms with Crippen LogP contribution in [-0.2, 0) is 27.8 Å². The number of rotatable bonds is 7. The molecular weight excluding hydrogens is 498 g/mol. The zero-order valence-electron chi connectivity index (χ0n) is 18.2. The van der Waals surface area contributed by atoms with Crippen LogP contribution in [0.5, 0.6) is 0 Å². The van der Waals surface area contributed by atoms with Gasteiger partial charge < -0.3 is 5.32 Å². The Balaban J connectivity index is 1.62. The average molecular weight is 521 g/mol. The van der Waals surface area contributed by atoms with Gasteiger partial charge in [0.1, 0.15) is 5.82 Å². The van der Waals surface area contributed by atoms with E-state index in [1.54, 1.807) is 0 Å². The third-order valence-electron chi connectivity index (χ3n) is 5.87. The summed E-state index contributed by atoms with van der Waals surface area (Å²) in [6, 6.07) is 17.4. The minimum absolute atomic E-state index is 0.00230. The molecule has 1 atom stereocenters. The van der Waals surface area contributed by atoms with Gasteiger partial charge in [-0.25, -0.2) is 12.8 Å². The number of sulfonamides is 1. The van der Waals surface area contributed by atoms with Gasteiger partial charge in [-0.15, -0.1) is 0 Å². The highest BCUT2D eigenvalue weighted by Crippen LogP contribution is 2.30. The number of halogens is 3. The standard InChI is InChI=1S/C25H23Cl2FN2O3S/c26-18-11-13-19(14-12-18)34(32,33)30(15-21-22(27)8-4-9-23(21)28)16-25(31)29-24-10-3-6-17-5-1-2-7-20(17)24/h1-2,4-5,7-9,11-14,24H,3,6,10,15-16H2,(H,29,31). The minimum atomic E-state index is -4.16. The van der Waals surface area contributed by atoms with Crippen molar-refractivity contribution < 1.29 is 17.6 Å². The van der Waals surface area contributed by atoms with Crippen LogP contribution in [0.4, 0.5) is 4.39 Å². The Kier molecular flexibility index (Phi) is 7.57. The smallest absolute Gasteiger partial charge is 0.243 e. The molecule has 4 rings (SSSR count). The number of nitrogens with one attached hydrogen (secondary N) is 1. The fourth-order valence-corrected chi connectivity index (χ4v) is 5.86. The van der Waals surface area contributed by atoms with E-state index in [0.29, 0.717) is 5.02 Å². The molecule has 0 spiro atoms. The normalized spacial score (nSPS) is 15.7.